The quantitative estimate of drug-likeness (QED) is 0.344. The Balaban J connectivity index is 2.42. The van der Waals surface area contributed by atoms with Crippen LogP contribution in [0.1, 0.15) is 110 Å². The van der Waals surface area contributed by atoms with E-state index in [0.717, 1.165) is 41.9 Å². The van der Waals surface area contributed by atoms with E-state index in [4.69, 9.17) is 5.11 Å². The molecule has 1 rings (SSSR count). The maximum absolute atomic E-state index is 10.8. The van der Waals surface area contributed by atoms with E-state index in [0.29, 0.717) is 12.2 Å². The number of hydrogen-bond donors (Lipinski definition) is 2. The summed E-state index contributed by atoms with van der Waals surface area (Å²) in [5.41, 5.74) is 3.25. The lowest BCUT2D eigenvalue weighted by atomic mass is 9.78. The fraction of sp³-hybridized carbons (Fsp3) is 0.720. The van der Waals surface area contributed by atoms with Crippen LogP contribution in [-0.4, -0.2) is 21.9 Å². The summed E-state index contributed by atoms with van der Waals surface area (Å²) in [7, 11) is 0. The largest absolute Gasteiger partial charge is 0.507 e. The molecule has 0 atom stereocenters. The predicted molar refractivity (Wildman–Crippen MR) is 126 cm³/mol. The predicted octanol–water partition coefficient (Wildman–Crippen LogP) is 7.43. The summed E-state index contributed by atoms with van der Waals surface area (Å²) in [5, 5.41) is 19.4. The van der Waals surface area contributed by atoms with Gasteiger partial charge in [0, 0.05) is 12.2 Å². The number of unbranched alkanes of at least 4 members (excludes halogenated alkanes) is 6. The first-order valence-electron chi connectivity index (χ1n) is 11.1. The SMILES string of the molecule is CC(C)(C)c1cc(CSCCCCCCCCCC(=O)O)cc(C(C)(C)C)c1O. The third kappa shape index (κ3) is 9.93. The third-order valence-corrected chi connectivity index (χ3v) is 6.35. The third-order valence-electron chi connectivity index (χ3n) is 5.23. The Morgan fingerprint density at radius 2 is 1.28 bits per heavy atom. The fourth-order valence-corrected chi connectivity index (χ4v) is 4.43. The molecule has 0 spiro atoms. The number of rotatable bonds is 12. The number of thioether (sulfide) groups is 1. The molecule has 0 aliphatic carbocycles. The maximum atomic E-state index is 10.8. The number of phenolic OH excluding ortho intramolecular Hbond substituents is 1. The van der Waals surface area contributed by atoms with Crippen LogP contribution < -0.4 is 0 Å². The Morgan fingerprint density at radius 1 is 0.828 bits per heavy atom. The van der Waals surface area contributed by atoms with E-state index in [1.807, 2.05) is 11.8 Å². The molecule has 2 N–H and O–H groups in total. The van der Waals surface area contributed by atoms with Crippen molar-refractivity contribution >= 4 is 17.7 Å². The number of aliphatic carboxylic acids is 1. The fourth-order valence-electron chi connectivity index (χ4n) is 3.48. The Hall–Kier alpha value is -1.16. The molecule has 4 heteroatoms. The first-order chi connectivity index (χ1) is 13.4. The van der Waals surface area contributed by atoms with Crippen molar-refractivity contribution in [1.82, 2.24) is 0 Å². The number of aromatic hydroxyl groups is 1. The Kier molecular flexibility index (Phi) is 10.6. The molecule has 0 aromatic heterocycles. The lowest BCUT2D eigenvalue weighted by Crippen LogP contribution is -2.17. The zero-order valence-corrected chi connectivity index (χ0v) is 20.3. The number of carbonyl (C=O) groups is 1. The molecule has 0 amide bonds. The number of carboxylic acids is 1. The second kappa shape index (κ2) is 11.9. The molecule has 0 radical (unpaired) electrons. The molecular formula is C25H42O3S. The van der Waals surface area contributed by atoms with Crippen molar-refractivity contribution in [2.75, 3.05) is 5.75 Å². The molecule has 0 heterocycles. The Bertz CT molecular complexity index is 603. The highest BCUT2D eigenvalue weighted by molar-refractivity contribution is 7.98. The van der Waals surface area contributed by atoms with Gasteiger partial charge >= 0.3 is 5.97 Å². The van der Waals surface area contributed by atoms with Crippen LogP contribution in [-0.2, 0) is 21.4 Å². The van der Waals surface area contributed by atoms with Crippen molar-refractivity contribution in [2.24, 2.45) is 0 Å². The molecule has 1 aromatic rings. The molecule has 0 fully saturated rings. The average molecular weight is 423 g/mol. The van der Waals surface area contributed by atoms with Crippen molar-refractivity contribution in [3.8, 4) is 5.75 Å². The first kappa shape index (κ1) is 25.9. The zero-order valence-electron chi connectivity index (χ0n) is 19.4. The van der Waals surface area contributed by atoms with Crippen LogP contribution in [0.2, 0.25) is 0 Å². The van der Waals surface area contributed by atoms with E-state index >= 15 is 0 Å². The Labute approximate surface area is 182 Å². The summed E-state index contributed by atoms with van der Waals surface area (Å²) >= 11 is 1.98. The standard InChI is InChI=1S/C25H42O3S/c1-24(2,3)20-16-19(17-21(23(20)28)25(4,5)6)18-29-15-13-11-9-7-8-10-12-14-22(26)27/h16-17,28H,7-15,18H2,1-6H3,(H,26,27). The zero-order chi connectivity index (χ0) is 22.1. The first-order valence-corrected chi connectivity index (χ1v) is 12.2. The average Bonchev–Trinajstić information content (AvgIpc) is 2.58. The van der Waals surface area contributed by atoms with Gasteiger partial charge in [-0.1, -0.05) is 85.8 Å². The number of hydrogen-bond acceptors (Lipinski definition) is 3. The lowest BCUT2D eigenvalue weighted by Gasteiger charge is -2.28. The number of carboxylic acid groups (broad SMARTS) is 1. The van der Waals surface area contributed by atoms with Crippen molar-refractivity contribution < 1.29 is 15.0 Å². The highest BCUT2D eigenvalue weighted by Crippen LogP contribution is 2.40. The van der Waals surface area contributed by atoms with Crippen LogP contribution in [0.15, 0.2) is 12.1 Å². The van der Waals surface area contributed by atoms with Gasteiger partial charge in [0.2, 0.25) is 0 Å². The van der Waals surface area contributed by atoms with Crippen LogP contribution in [0.5, 0.6) is 5.75 Å². The minimum absolute atomic E-state index is 0.0742. The second-order valence-electron chi connectivity index (χ2n) is 10.2. The van der Waals surface area contributed by atoms with Crippen molar-refractivity contribution in [3.63, 3.8) is 0 Å². The number of phenols is 1. The van der Waals surface area contributed by atoms with Crippen molar-refractivity contribution in [2.45, 2.75) is 109 Å². The molecule has 1 aromatic carbocycles. The monoisotopic (exact) mass is 422 g/mol. The molecule has 0 saturated carbocycles. The molecule has 0 saturated heterocycles. The molecule has 29 heavy (non-hydrogen) atoms. The molecule has 0 unspecified atom stereocenters. The van der Waals surface area contributed by atoms with Crippen LogP contribution in [0.3, 0.4) is 0 Å². The van der Waals surface area contributed by atoms with Crippen LogP contribution in [0.4, 0.5) is 0 Å². The smallest absolute Gasteiger partial charge is 0.303 e. The van der Waals surface area contributed by atoms with Gasteiger partial charge in [-0.15, -0.1) is 0 Å². The summed E-state index contributed by atoms with van der Waals surface area (Å²) in [5.74, 6) is 1.93. The van der Waals surface area contributed by atoms with Gasteiger partial charge in [0.25, 0.3) is 0 Å². The van der Waals surface area contributed by atoms with E-state index < -0.39 is 5.97 Å². The van der Waals surface area contributed by atoms with Gasteiger partial charge in [0.15, 0.2) is 0 Å². The van der Waals surface area contributed by atoms with Gasteiger partial charge in [0.05, 0.1) is 0 Å². The normalized spacial score (nSPS) is 12.3. The molecular weight excluding hydrogens is 380 g/mol. The van der Waals surface area contributed by atoms with Crippen molar-refractivity contribution in [1.29, 1.82) is 0 Å². The minimum Gasteiger partial charge on any atom is -0.507 e. The summed E-state index contributed by atoms with van der Waals surface area (Å²) in [6.07, 6.45) is 8.25. The van der Waals surface area contributed by atoms with Crippen LogP contribution in [0.25, 0.3) is 0 Å². The summed E-state index contributed by atoms with van der Waals surface area (Å²) in [6, 6.07) is 4.38. The van der Waals surface area contributed by atoms with E-state index in [1.54, 1.807) is 0 Å². The van der Waals surface area contributed by atoms with Gasteiger partial charge in [-0.25, -0.2) is 0 Å². The molecule has 0 bridgehead atoms. The summed E-state index contributed by atoms with van der Waals surface area (Å²) < 4.78 is 0. The molecule has 0 aliphatic rings. The summed E-state index contributed by atoms with van der Waals surface area (Å²) in [6.45, 7) is 13.0. The minimum atomic E-state index is -0.681. The molecule has 3 nitrogen and oxygen atoms in total. The molecule has 166 valence electrons. The topological polar surface area (TPSA) is 57.5 Å². The van der Waals surface area contributed by atoms with Gasteiger partial charge in [0.1, 0.15) is 5.75 Å². The maximum Gasteiger partial charge on any atom is 0.303 e. The lowest BCUT2D eigenvalue weighted by molar-refractivity contribution is -0.137. The van der Waals surface area contributed by atoms with E-state index in [9.17, 15) is 9.90 Å². The molecule has 0 aliphatic heterocycles. The van der Waals surface area contributed by atoms with Crippen LogP contribution >= 0.6 is 11.8 Å². The van der Waals surface area contributed by atoms with Gasteiger partial charge in [-0.3, -0.25) is 4.79 Å². The highest BCUT2D eigenvalue weighted by atomic mass is 32.2. The van der Waals surface area contributed by atoms with Gasteiger partial charge in [-0.05, 0) is 46.1 Å². The van der Waals surface area contributed by atoms with Crippen molar-refractivity contribution in [3.05, 3.63) is 28.8 Å². The van der Waals surface area contributed by atoms with Crippen LogP contribution in [0, 0.1) is 0 Å². The van der Waals surface area contributed by atoms with Gasteiger partial charge < -0.3 is 10.2 Å². The number of benzene rings is 1. The summed E-state index contributed by atoms with van der Waals surface area (Å²) in [4.78, 5) is 10.5. The van der Waals surface area contributed by atoms with E-state index in [2.05, 4.69) is 53.7 Å². The van der Waals surface area contributed by atoms with E-state index in [-0.39, 0.29) is 10.8 Å². The van der Waals surface area contributed by atoms with Gasteiger partial charge in [-0.2, -0.15) is 11.8 Å². The highest BCUT2D eigenvalue weighted by Gasteiger charge is 2.26. The van der Waals surface area contributed by atoms with E-state index in [1.165, 1.54) is 31.2 Å². The second-order valence-corrected chi connectivity index (χ2v) is 11.3. The Morgan fingerprint density at radius 3 is 1.72 bits per heavy atom.